The first kappa shape index (κ1) is 21.1. The SMILES string of the molecule is CCN(CC)CCOC(=O)c1ccc(NC(=O)CN2CCOCC2)cc1O. The number of hydrogen-bond donors (Lipinski definition) is 2. The van der Waals surface area contributed by atoms with Gasteiger partial charge in [0.2, 0.25) is 5.91 Å². The molecular formula is C19H29N3O5. The zero-order chi connectivity index (χ0) is 19.6. The normalized spacial score (nSPS) is 14.9. The molecule has 0 saturated carbocycles. The van der Waals surface area contributed by atoms with Crippen LogP contribution in [0.3, 0.4) is 0 Å². The number of nitrogens with zero attached hydrogens (tertiary/aromatic N) is 2. The Labute approximate surface area is 160 Å². The molecule has 2 rings (SSSR count). The van der Waals surface area contributed by atoms with Crippen molar-refractivity contribution in [2.24, 2.45) is 0 Å². The monoisotopic (exact) mass is 379 g/mol. The lowest BCUT2D eigenvalue weighted by atomic mass is 10.2. The minimum atomic E-state index is -0.578. The van der Waals surface area contributed by atoms with Crippen LogP contribution >= 0.6 is 0 Å². The number of carbonyl (C=O) groups excluding carboxylic acids is 2. The Morgan fingerprint density at radius 3 is 2.59 bits per heavy atom. The molecule has 0 unspecified atom stereocenters. The van der Waals surface area contributed by atoms with Gasteiger partial charge in [-0.3, -0.25) is 9.69 Å². The van der Waals surface area contributed by atoms with Crippen LogP contribution in [0, 0.1) is 0 Å². The Balaban J connectivity index is 1.84. The van der Waals surface area contributed by atoms with Gasteiger partial charge in [0.1, 0.15) is 17.9 Å². The molecule has 8 nitrogen and oxygen atoms in total. The number of rotatable bonds is 9. The van der Waals surface area contributed by atoms with Gasteiger partial charge in [-0.1, -0.05) is 13.8 Å². The van der Waals surface area contributed by atoms with Gasteiger partial charge in [-0.25, -0.2) is 4.79 Å². The number of hydrogen-bond acceptors (Lipinski definition) is 7. The average Bonchev–Trinajstić information content (AvgIpc) is 2.66. The van der Waals surface area contributed by atoms with Gasteiger partial charge in [0.25, 0.3) is 0 Å². The van der Waals surface area contributed by atoms with Crippen molar-refractivity contribution in [2.45, 2.75) is 13.8 Å². The van der Waals surface area contributed by atoms with Crippen molar-refractivity contribution in [1.82, 2.24) is 9.80 Å². The standard InChI is InChI=1S/C19H29N3O5/c1-3-21(4-2)9-12-27-19(25)16-6-5-15(13-17(16)23)20-18(24)14-22-7-10-26-11-8-22/h5-6,13,23H,3-4,7-12,14H2,1-2H3,(H,20,24). The molecule has 1 aromatic rings. The van der Waals surface area contributed by atoms with E-state index in [1.54, 1.807) is 6.07 Å². The van der Waals surface area contributed by atoms with Gasteiger partial charge in [0.05, 0.1) is 19.8 Å². The van der Waals surface area contributed by atoms with E-state index >= 15 is 0 Å². The number of nitrogens with one attached hydrogen (secondary N) is 1. The van der Waals surface area contributed by atoms with Gasteiger partial charge in [-0.2, -0.15) is 0 Å². The molecule has 0 aromatic heterocycles. The van der Waals surface area contributed by atoms with Crippen molar-refractivity contribution >= 4 is 17.6 Å². The highest BCUT2D eigenvalue weighted by molar-refractivity contribution is 5.95. The Kier molecular flexibility index (Phi) is 8.50. The fraction of sp³-hybridized carbons (Fsp3) is 0.579. The van der Waals surface area contributed by atoms with E-state index in [1.165, 1.54) is 12.1 Å². The minimum Gasteiger partial charge on any atom is -0.507 e. The van der Waals surface area contributed by atoms with E-state index in [4.69, 9.17) is 9.47 Å². The van der Waals surface area contributed by atoms with Crippen LogP contribution in [-0.2, 0) is 14.3 Å². The van der Waals surface area contributed by atoms with Crippen LogP contribution in [0.5, 0.6) is 5.75 Å². The zero-order valence-corrected chi connectivity index (χ0v) is 16.1. The van der Waals surface area contributed by atoms with E-state index in [1.807, 2.05) is 18.7 Å². The Hall–Kier alpha value is -2.16. The number of benzene rings is 1. The molecule has 0 radical (unpaired) electrons. The summed E-state index contributed by atoms with van der Waals surface area (Å²) in [7, 11) is 0. The highest BCUT2D eigenvalue weighted by Gasteiger charge is 2.16. The van der Waals surface area contributed by atoms with Crippen LogP contribution in [0.2, 0.25) is 0 Å². The number of phenols is 1. The highest BCUT2D eigenvalue weighted by atomic mass is 16.5. The molecule has 1 aliphatic heterocycles. The number of carbonyl (C=O) groups is 2. The molecule has 0 aliphatic carbocycles. The maximum Gasteiger partial charge on any atom is 0.341 e. The number of likely N-dealkylation sites (N-methyl/N-ethyl adjacent to an activating group) is 1. The van der Waals surface area contributed by atoms with Gasteiger partial charge in [0, 0.05) is 31.4 Å². The molecule has 0 atom stereocenters. The molecule has 2 N–H and O–H groups in total. The quantitative estimate of drug-likeness (QED) is 0.622. The molecule has 1 amide bonds. The summed E-state index contributed by atoms with van der Waals surface area (Å²) in [4.78, 5) is 28.4. The topological polar surface area (TPSA) is 91.3 Å². The lowest BCUT2D eigenvalue weighted by molar-refractivity contribution is -0.118. The molecule has 0 spiro atoms. The van der Waals surface area contributed by atoms with E-state index in [0.29, 0.717) is 25.4 Å². The van der Waals surface area contributed by atoms with Crippen LogP contribution in [0.25, 0.3) is 0 Å². The van der Waals surface area contributed by atoms with Gasteiger partial charge in [0.15, 0.2) is 0 Å². The van der Waals surface area contributed by atoms with E-state index in [9.17, 15) is 14.7 Å². The number of aromatic hydroxyl groups is 1. The summed E-state index contributed by atoms with van der Waals surface area (Å²) in [6, 6.07) is 4.40. The third-order valence-corrected chi connectivity index (χ3v) is 4.51. The molecule has 0 bridgehead atoms. The van der Waals surface area contributed by atoms with Crippen LogP contribution < -0.4 is 5.32 Å². The predicted molar refractivity (Wildman–Crippen MR) is 102 cm³/mol. The summed E-state index contributed by atoms with van der Waals surface area (Å²) in [5.74, 6) is -0.969. The van der Waals surface area contributed by atoms with E-state index < -0.39 is 5.97 Å². The predicted octanol–water partition coefficient (Wildman–Crippen LogP) is 1.16. The molecule has 1 heterocycles. The van der Waals surface area contributed by atoms with Crippen molar-refractivity contribution in [3.05, 3.63) is 23.8 Å². The van der Waals surface area contributed by atoms with Gasteiger partial charge >= 0.3 is 5.97 Å². The van der Waals surface area contributed by atoms with Crippen molar-refractivity contribution in [3.8, 4) is 5.75 Å². The molecular weight excluding hydrogens is 350 g/mol. The molecule has 1 aromatic carbocycles. The van der Waals surface area contributed by atoms with Crippen LogP contribution in [0.1, 0.15) is 24.2 Å². The van der Waals surface area contributed by atoms with Gasteiger partial charge < -0.3 is 24.8 Å². The van der Waals surface area contributed by atoms with Gasteiger partial charge in [-0.05, 0) is 25.2 Å². The summed E-state index contributed by atoms with van der Waals surface area (Å²) >= 11 is 0. The fourth-order valence-corrected chi connectivity index (χ4v) is 2.83. The molecule has 1 saturated heterocycles. The minimum absolute atomic E-state index is 0.0840. The third-order valence-electron chi connectivity index (χ3n) is 4.51. The first-order chi connectivity index (χ1) is 13.0. The van der Waals surface area contributed by atoms with Crippen molar-refractivity contribution < 1.29 is 24.2 Å². The number of morpholine rings is 1. The largest absolute Gasteiger partial charge is 0.507 e. The smallest absolute Gasteiger partial charge is 0.341 e. The van der Waals surface area contributed by atoms with E-state index in [0.717, 1.165) is 26.2 Å². The summed E-state index contributed by atoms with van der Waals surface area (Å²) in [5, 5.41) is 12.8. The maximum absolute atomic E-state index is 12.1. The van der Waals surface area contributed by atoms with E-state index in [2.05, 4.69) is 10.2 Å². The van der Waals surface area contributed by atoms with Crippen LogP contribution in [0.15, 0.2) is 18.2 Å². The molecule has 8 heteroatoms. The van der Waals surface area contributed by atoms with Crippen molar-refractivity contribution in [2.75, 3.05) is 64.4 Å². The molecule has 1 aliphatic rings. The molecule has 150 valence electrons. The van der Waals surface area contributed by atoms with Crippen LogP contribution in [0.4, 0.5) is 5.69 Å². The van der Waals surface area contributed by atoms with Crippen molar-refractivity contribution in [3.63, 3.8) is 0 Å². The first-order valence-electron chi connectivity index (χ1n) is 9.36. The number of ether oxygens (including phenoxy) is 2. The van der Waals surface area contributed by atoms with Crippen molar-refractivity contribution in [1.29, 1.82) is 0 Å². The summed E-state index contributed by atoms with van der Waals surface area (Å²) in [6.07, 6.45) is 0. The highest BCUT2D eigenvalue weighted by Crippen LogP contribution is 2.23. The number of anilines is 1. The summed E-state index contributed by atoms with van der Waals surface area (Å²) < 4.78 is 10.5. The van der Waals surface area contributed by atoms with Gasteiger partial charge in [-0.15, -0.1) is 0 Å². The Morgan fingerprint density at radius 1 is 1.26 bits per heavy atom. The summed E-state index contributed by atoms with van der Waals surface area (Å²) in [5.41, 5.74) is 0.520. The number of esters is 1. The lowest BCUT2D eigenvalue weighted by Gasteiger charge is -2.25. The average molecular weight is 379 g/mol. The molecule has 27 heavy (non-hydrogen) atoms. The number of phenolic OH excluding ortho intramolecular Hbond substituents is 1. The lowest BCUT2D eigenvalue weighted by Crippen LogP contribution is -2.41. The second kappa shape index (κ2) is 10.9. The Morgan fingerprint density at radius 2 is 1.96 bits per heavy atom. The van der Waals surface area contributed by atoms with Crippen LogP contribution in [-0.4, -0.2) is 85.9 Å². The number of amides is 1. The Bertz CT molecular complexity index is 628. The second-order valence-electron chi connectivity index (χ2n) is 6.33. The second-order valence-corrected chi connectivity index (χ2v) is 6.33. The third kappa shape index (κ3) is 6.82. The summed E-state index contributed by atoms with van der Waals surface area (Å²) in [6.45, 7) is 9.72. The van der Waals surface area contributed by atoms with E-state index in [-0.39, 0.29) is 30.4 Å². The fourth-order valence-electron chi connectivity index (χ4n) is 2.83. The zero-order valence-electron chi connectivity index (χ0n) is 16.1. The maximum atomic E-state index is 12.1. The molecule has 1 fully saturated rings. The first-order valence-corrected chi connectivity index (χ1v) is 9.36.